The van der Waals surface area contributed by atoms with Gasteiger partial charge in [-0.25, -0.2) is 4.79 Å². The highest BCUT2D eigenvalue weighted by Gasteiger charge is 2.50. The number of carbonyl (C=O) groups excluding carboxylic acids is 3. The molecule has 0 bridgehead atoms. The van der Waals surface area contributed by atoms with Gasteiger partial charge in [-0.15, -0.1) is 0 Å². The highest BCUT2D eigenvalue weighted by molar-refractivity contribution is 5.74. The summed E-state index contributed by atoms with van der Waals surface area (Å²) < 4.78 is 28.3. The van der Waals surface area contributed by atoms with E-state index in [2.05, 4.69) is 57.2 Å². The minimum atomic E-state index is -1.90. The molecule has 1 rings (SSSR count). The van der Waals surface area contributed by atoms with Gasteiger partial charge >= 0.3 is 23.9 Å². The number of carboxylic acid groups (broad SMARTS) is 1. The maximum Gasteiger partial charge on any atom is 0.335 e. The van der Waals surface area contributed by atoms with Crippen LogP contribution < -0.4 is 0 Å². The predicted octanol–water partition coefficient (Wildman–Crippen LogP) is 13.7. The molecule has 0 spiro atoms. The Morgan fingerprint density at radius 3 is 1.42 bits per heavy atom. The molecule has 1 saturated heterocycles. The molecule has 69 heavy (non-hydrogen) atoms. The molecule has 0 radical (unpaired) electrons. The third-order valence-corrected chi connectivity index (χ3v) is 12.7. The predicted molar refractivity (Wildman–Crippen MR) is 276 cm³/mol. The van der Waals surface area contributed by atoms with Gasteiger partial charge in [-0.3, -0.25) is 14.4 Å². The Balaban J connectivity index is 2.70. The third kappa shape index (κ3) is 36.5. The number of hydrogen-bond acceptors (Lipinski definition) is 11. The number of rotatable bonds is 47. The Hall–Kier alpha value is -3.06. The fourth-order valence-corrected chi connectivity index (χ4v) is 8.33. The van der Waals surface area contributed by atoms with Gasteiger partial charge < -0.3 is 39.0 Å². The molecule has 12 heteroatoms. The Morgan fingerprint density at radius 2 is 0.913 bits per heavy atom. The summed E-state index contributed by atoms with van der Waals surface area (Å²) in [5, 5.41) is 31.4. The van der Waals surface area contributed by atoms with Crippen molar-refractivity contribution in [2.45, 2.75) is 289 Å². The van der Waals surface area contributed by atoms with Gasteiger partial charge in [0.2, 0.25) is 0 Å². The minimum Gasteiger partial charge on any atom is -0.479 e. The summed E-state index contributed by atoms with van der Waals surface area (Å²) in [4.78, 5) is 50.9. The molecule has 0 aromatic carbocycles. The van der Waals surface area contributed by atoms with E-state index in [0.717, 1.165) is 109 Å². The highest BCUT2D eigenvalue weighted by Crippen LogP contribution is 2.26. The number of aliphatic hydroxyl groups excluding tert-OH is 2. The van der Waals surface area contributed by atoms with Crippen molar-refractivity contribution in [2.24, 2.45) is 0 Å². The number of carbonyl (C=O) groups is 4. The number of ether oxygens (including phenoxy) is 5. The zero-order valence-electron chi connectivity index (χ0n) is 43.8. The zero-order chi connectivity index (χ0) is 50.4. The van der Waals surface area contributed by atoms with Gasteiger partial charge in [0.05, 0.1) is 6.61 Å². The van der Waals surface area contributed by atoms with E-state index in [1.165, 1.54) is 83.5 Å². The molecule has 3 N–H and O–H groups in total. The van der Waals surface area contributed by atoms with E-state index in [1.807, 2.05) is 0 Å². The molecule has 0 aromatic rings. The molecule has 0 amide bonds. The normalized spacial score (nSPS) is 18.9. The van der Waals surface area contributed by atoms with Gasteiger partial charge in [-0.1, -0.05) is 205 Å². The van der Waals surface area contributed by atoms with Crippen molar-refractivity contribution in [3.05, 3.63) is 36.5 Å². The van der Waals surface area contributed by atoms with Crippen LogP contribution in [0.4, 0.5) is 0 Å². The van der Waals surface area contributed by atoms with E-state index in [1.54, 1.807) is 0 Å². The first-order valence-corrected chi connectivity index (χ1v) is 28.0. The molecular weight excluding hydrogens is 877 g/mol. The minimum absolute atomic E-state index is 0.0457. The molecule has 1 heterocycles. The van der Waals surface area contributed by atoms with E-state index >= 15 is 0 Å². The summed E-state index contributed by atoms with van der Waals surface area (Å²) in [6.45, 7) is 5.87. The van der Waals surface area contributed by atoms with Crippen LogP contribution in [0.3, 0.4) is 0 Å². The van der Waals surface area contributed by atoms with Crippen LogP contribution in [0.2, 0.25) is 0 Å². The number of aliphatic hydroxyl groups is 2. The molecule has 6 unspecified atom stereocenters. The summed E-state index contributed by atoms with van der Waals surface area (Å²) in [5.74, 6) is -3.13. The smallest absolute Gasteiger partial charge is 0.335 e. The van der Waals surface area contributed by atoms with Crippen LogP contribution in [0.1, 0.15) is 252 Å². The lowest BCUT2D eigenvalue weighted by molar-refractivity contribution is -0.301. The first-order valence-electron chi connectivity index (χ1n) is 28.0. The van der Waals surface area contributed by atoms with Crippen LogP contribution in [-0.4, -0.2) is 89.2 Å². The fraction of sp³-hybridized carbons (Fsp3) is 0.825. The number of aliphatic carboxylic acids is 1. The number of unbranched alkanes of at least 4 members (excludes halogenated alkanes) is 27. The van der Waals surface area contributed by atoms with Crippen LogP contribution in [0, 0.1) is 0 Å². The monoisotopic (exact) mass is 977 g/mol. The van der Waals surface area contributed by atoms with Gasteiger partial charge in [0, 0.05) is 19.3 Å². The van der Waals surface area contributed by atoms with Crippen molar-refractivity contribution in [2.75, 3.05) is 13.2 Å². The van der Waals surface area contributed by atoms with Gasteiger partial charge in [-0.05, 0) is 64.2 Å². The van der Waals surface area contributed by atoms with Crippen molar-refractivity contribution in [1.82, 2.24) is 0 Å². The lowest BCUT2D eigenvalue weighted by Crippen LogP contribution is -2.61. The van der Waals surface area contributed by atoms with Crippen LogP contribution in [-0.2, 0) is 42.9 Å². The first-order chi connectivity index (χ1) is 33.6. The Morgan fingerprint density at radius 1 is 0.478 bits per heavy atom. The Labute approximate surface area is 419 Å². The van der Waals surface area contributed by atoms with Crippen molar-refractivity contribution in [3.8, 4) is 0 Å². The fourth-order valence-electron chi connectivity index (χ4n) is 8.33. The van der Waals surface area contributed by atoms with E-state index in [-0.39, 0.29) is 25.9 Å². The topological polar surface area (TPSA) is 175 Å². The van der Waals surface area contributed by atoms with Crippen LogP contribution in [0.25, 0.3) is 0 Å². The van der Waals surface area contributed by atoms with E-state index in [9.17, 15) is 34.5 Å². The molecule has 6 atom stereocenters. The summed E-state index contributed by atoms with van der Waals surface area (Å²) in [6, 6.07) is 0. The summed E-state index contributed by atoms with van der Waals surface area (Å²) >= 11 is 0. The summed E-state index contributed by atoms with van der Waals surface area (Å²) in [7, 11) is 0. The van der Waals surface area contributed by atoms with Gasteiger partial charge in [0.25, 0.3) is 0 Å². The van der Waals surface area contributed by atoms with E-state index in [0.29, 0.717) is 19.3 Å². The average molecular weight is 977 g/mol. The number of hydrogen-bond donors (Lipinski definition) is 3. The average Bonchev–Trinajstić information content (AvgIpc) is 3.33. The quantitative estimate of drug-likeness (QED) is 0.0228. The number of carboxylic acids is 1. The first kappa shape index (κ1) is 64.0. The second kappa shape index (κ2) is 46.0. The molecule has 12 nitrogen and oxygen atoms in total. The van der Waals surface area contributed by atoms with Gasteiger partial charge in [-0.2, -0.15) is 0 Å². The largest absolute Gasteiger partial charge is 0.479 e. The van der Waals surface area contributed by atoms with Crippen LogP contribution in [0.15, 0.2) is 36.5 Å². The second-order valence-electron chi connectivity index (χ2n) is 19.2. The van der Waals surface area contributed by atoms with Gasteiger partial charge in [0.15, 0.2) is 24.6 Å². The maximum atomic E-state index is 13.1. The molecule has 0 aromatic heterocycles. The highest BCUT2D eigenvalue weighted by atomic mass is 16.7. The van der Waals surface area contributed by atoms with Crippen LogP contribution >= 0.6 is 0 Å². The standard InChI is InChI=1S/C57H100O12/c1-4-7-10-13-16-19-22-24-25-27-29-31-34-37-40-43-49(58)65-46-48(67-50(59)44-41-38-35-32-28-21-18-15-12-9-6-3)47-66-57-55(53(62)52(61)54(69-57)56(63)64)68-51(60)45-42-39-36-33-30-26-23-20-17-14-11-8-5-2/h11,14-15,18,20,23,48,52-55,57,61-62H,4-10,12-13,16-17,19,21-22,24-47H2,1-3H3,(H,63,64)/b14-11-,18-15-,23-20-. The SMILES string of the molecule is CCC/C=C\C/C=C\CCCCCCCC(=O)OC1C(OCC(COC(=O)CCCCCCCCCCCCCCCCC)OC(=O)CCCCCCC/C=C\CCCC)OC(C(=O)O)C(O)C1O. The van der Waals surface area contributed by atoms with Gasteiger partial charge in [0.1, 0.15) is 18.8 Å². The third-order valence-electron chi connectivity index (χ3n) is 12.7. The maximum absolute atomic E-state index is 13.1. The van der Waals surface area contributed by atoms with Crippen molar-refractivity contribution < 1.29 is 58.2 Å². The summed E-state index contributed by atoms with van der Waals surface area (Å²) in [5.41, 5.74) is 0. The van der Waals surface area contributed by atoms with E-state index < -0.39 is 67.3 Å². The molecule has 1 aliphatic rings. The molecule has 0 saturated carbocycles. The molecule has 1 aliphatic heterocycles. The van der Waals surface area contributed by atoms with Crippen LogP contribution in [0.5, 0.6) is 0 Å². The second-order valence-corrected chi connectivity index (χ2v) is 19.2. The number of allylic oxidation sites excluding steroid dienone is 6. The zero-order valence-corrected chi connectivity index (χ0v) is 43.8. The summed E-state index contributed by atoms with van der Waals surface area (Å²) in [6.07, 6.45) is 39.8. The molecule has 0 aliphatic carbocycles. The number of esters is 3. The Bertz CT molecular complexity index is 1350. The van der Waals surface area contributed by atoms with E-state index in [4.69, 9.17) is 23.7 Å². The van der Waals surface area contributed by atoms with Crippen molar-refractivity contribution >= 4 is 23.9 Å². The lowest BCUT2D eigenvalue weighted by Gasteiger charge is -2.40. The molecule has 400 valence electrons. The van der Waals surface area contributed by atoms with Crippen molar-refractivity contribution in [3.63, 3.8) is 0 Å². The molecular formula is C57H100O12. The van der Waals surface area contributed by atoms with Crippen molar-refractivity contribution in [1.29, 1.82) is 0 Å². The lowest BCUT2D eigenvalue weighted by atomic mass is 9.98. The Kier molecular flexibility index (Phi) is 42.7. The molecule has 1 fully saturated rings.